The number of aromatic nitrogens is 3. The van der Waals surface area contributed by atoms with Crippen LogP contribution in [-0.2, 0) is 20.7 Å². The van der Waals surface area contributed by atoms with Crippen molar-refractivity contribution in [3.8, 4) is 16.9 Å². The highest BCUT2D eigenvalue weighted by Crippen LogP contribution is 2.24. The van der Waals surface area contributed by atoms with Gasteiger partial charge in [-0.25, -0.2) is 14.5 Å². The summed E-state index contributed by atoms with van der Waals surface area (Å²) < 4.78 is 6.38. The Morgan fingerprint density at radius 1 is 1.05 bits per heavy atom. The quantitative estimate of drug-likeness (QED) is 0.178. The number of carboxylic acid groups (broad SMARTS) is 1. The minimum Gasteiger partial charge on any atom is -0.479 e. The van der Waals surface area contributed by atoms with Gasteiger partial charge in [-0.3, -0.25) is 19.5 Å². The Labute approximate surface area is 252 Å². The fourth-order valence-corrected chi connectivity index (χ4v) is 4.55. The van der Waals surface area contributed by atoms with E-state index in [1.165, 1.54) is 6.20 Å². The van der Waals surface area contributed by atoms with Crippen molar-refractivity contribution in [3.05, 3.63) is 106 Å². The predicted octanol–water partition coefficient (Wildman–Crippen LogP) is 3.59. The van der Waals surface area contributed by atoms with Crippen LogP contribution in [0.5, 0.6) is 0 Å². The number of rotatable bonds is 12. The molecule has 11 nitrogen and oxygen atoms in total. The summed E-state index contributed by atoms with van der Waals surface area (Å²) in [5.74, 6) is -2.86. The molecule has 0 aliphatic carbocycles. The van der Waals surface area contributed by atoms with Gasteiger partial charge in [0.05, 0.1) is 0 Å². The van der Waals surface area contributed by atoms with E-state index in [0.29, 0.717) is 10.8 Å². The third-order valence-corrected chi connectivity index (χ3v) is 7.03. The Hall–Kier alpha value is -4.74. The summed E-state index contributed by atoms with van der Waals surface area (Å²) >= 11 is 6.13. The van der Waals surface area contributed by atoms with E-state index in [-0.39, 0.29) is 24.5 Å². The Morgan fingerprint density at radius 3 is 2.42 bits per heavy atom. The lowest BCUT2D eigenvalue weighted by atomic mass is 9.97. The number of nitrogens with zero attached hydrogens (tertiary/aromatic N) is 2. The van der Waals surface area contributed by atoms with Crippen LogP contribution in [-0.4, -0.2) is 55.9 Å². The van der Waals surface area contributed by atoms with Crippen LogP contribution in [0, 0.1) is 5.92 Å². The van der Waals surface area contributed by atoms with E-state index < -0.39 is 41.6 Å². The molecule has 0 saturated heterocycles. The second kappa shape index (κ2) is 14.0. The Balaban J connectivity index is 1.58. The van der Waals surface area contributed by atoms with Crippen LogP contribution in [0.2, 0.25) is 5.02 Å². The normalized spacial score (nSPS) is 13.2. The zero-order valence-corrected chi connectivity index (χ0v) is 24.3. The minimum atomic E-state index is -1.58. The number of halogens is 1. The van der Waals surface area contributed by atoms with Crippen molar-refractivity contribution in [1.29, 1.82) is 0 Å². The molecule has 0 fully saturated rings. The van der Waals surface area contributed by atoms with Gasteiger partial charge in [0.15, 0.2) is 5.82 Å². The molecule has 0 radical (unpaired) electrons. The van der Waals surface area contributed by atoms with Crippen LogP contribution in [0.15, 0.2) is 83.8 Å². The summed E-state index contributed by atoms with van der Waals surface area (Å²) in [7, 11) is 0. The van der Waals surface area contributed by atoms with Crippen LogP contribution < -0.4 is 16.6 Å². The lowest BCUT2D eigenvalue weighted by Crippen LogP contribution is -2.45. The molecule has 0 bridgehead atoms. The molecule has 0 unspecified atom stereocenters. The molecule has 4 rings (SSSR count). The molecule has 4 aromatic rings. The van der Waals surface area contributed by atoms with Crippen molar-refractivity contribution in [2.75, 3.05) is 0 Å². The van der Waals surface area contributed by atoms with Gasteiger partial charge in [0.1, 0.15) is 11.7 Å². The van der Waals surface area contributed by atoms with Crippen LogP contribution in [0.1, 0.15) is 36.3 Å². The summed E-state index contributed by atoms with van der Waals surface area (Å²) in [6, 6.07) is 19.2. The molecule has 1 amide bonds. The molecular weight excluding hydrogens is 574 g/mol. The molecule has 0 spiro atoms. The molecule has 12 heteroatoms. The summed E-state index contributed by atoms with van der Waals surface area (Å²) in [6.45, 7) is 3.44. The minimum absolute atomic E-state index is 0.0531. The first-order valence-electron chi connectivity index (χ1n) is 13.6. The van der Waals surface area contributed by atoms with E-state index in [1.807, 2.05) is 42.5 Å². The highest BCUT2D eigenvalue weighted by Gasteiger charge is 2.31. The fraction of sp³-hybridized carbons (Fsp3) is 0.258. The van der Waals surface area contributed by atoms with Crippen LogP contribution >= 0.6 is 11.6 Å². The number of carboxylic acids is 1. The number of esters is 1. The number of H-pyrrole nitrogens is 1. The average Bonchev–Trinajstić information content (AvgIpc) is 3.38. The maximum absolute atomic E-state index is 13.3. The molecular formula is C31H32ClN5O6. The first-order valence-corrected chi connectivity index (χ1v) is 14.0. The zero-order chi connectivity index (χ0) is 31.1. The summed E-state index contributed by atoms with van der Waals surface area (Å²) in [4.78, 5) is 54.6. The third kappa shape index (κ3) is 8.18. The van der Waals surface area contributed by atoms with E-state index in [2.05, 4.69) is 15.4 Å². The maximum Gasteiger partial charge on any atom is 0.345 e. The number of benzene rings is 2. The number of ether oxygens (including phenoxy) is 1. The van der Waals surface area contributed by atoms with Crippen molar-refractivity contribution in [2.45, 2.75) is 44.9 Å². The van der Waals surface area contributed by atoms with Crippen LogP contribution in [0.3, 0.4) is 0 Å². The van der Waals surface area contributed by atoms with E-state index in [1.54, 1.807) is 38.1 Å². The molecule has 224 valence electrons. The lowest BCUT2D eigenvalue weighted by Gasteiger charge is -2.24. The molecule has 2 heterocycles. The number of nitrogens with one attached hydrogen (secondary N) is 2. The molecule has 3 atom stereocenters. The van der Waals surface area contributed by atoms with E-state index in [9.17, 15) is 24.3 Å². The van der Waals surface area contributed by atoms with Gasteiger partial charge < -0.3 is 20.9 Å². The third-order valence-electron chi connectivity index (χ3n) is 6.80. The van der Waals surface area contributed by atoms with Crippen LogP contribution in [0.4, 0.5) is 0 Å². The van der Waals surface area contributed by atoms with Gasteiger partial charge in [0.25, 0.3) is 11.5 Å². The van der Waals surface area contributed by atoms with Crippen molar-refractivity contribution in [1.82, 2.24) is 20.1 Å². The second-order valence-corrected chi connectivity index (χ2v) is 10.8. The monoisotopic (exact) mass is 605 g/mol. The van der Waals surface area contributed by atoms with Gasteiger partial charge in [-0.05, 0) is 53.3 Å². The number of carbonyl (C=O) groups excluding carboxylic acids is 2. The van der Waals surface area contributed by atoms with Gasteiger partial charge in [0.2, 0.25) is 6.10 Å². The molecule has 0 aliphatic rings. The SMILES string of the molecule is CC(C)[C@H](N)C(=O)O[C@H](C[C@@H](Cc1ccc(-c2cccc(Cl)c2)cc1)NC(=O)c1cc(=O)n(-c2ccccn2)[nH]1)C(=O)O. The first-order chi connectivity index (χ1) is 20.5. The first kappa shape index (κ1) is 31.2. The lowest BCUT2D eigenvalue weighted by molar-refractivity contribution is -0.166. The smallest absolute Gasteiger partial charge is 0.345 e. The highest BCUT2D eigenvalue weighted by molar-refractivity contribution is 6.30. The number of hydrogen-bond acceptors (Lipinski definition) is 7. The van der Waals surface area contributed by atoms with Crippen molar-refractivity contribution >= 4 is 29.4 Å². The highest BCUT2D eigenvalue weighted by atomic mass is 35.5. The Morgan fingerprint density at radius 2 is 1.79 bits per heavy atom. The van der Waals surface area contributed by atoms with E-state index in [4.69, 9.17) is 22.1 Å². The molecule has 0 saturated carbocycles. The number of carbonyl (C=O) groups is 3. The van der Waals surface area contributed by atoms with E-state index >= 15 is 0 Å². The number of amides is 1. The summed E-state index contributed by atoms with van der Waals surface area (Å²) in [5, 5.41) is 16.0. The largest absolute Gasteiger partial charge is 0.479 e. The fourth-order valence-electron chi connectivity index (χ4n) is 4.36. The van der Waals surface area contributed by atoms with Gasteiger partial charge in [0, 0.05) is 29.7 Å². The van der Waals surface area contributed by atoms with Crippen molar-refractivity contribution in [3.63, 3.8) is 0 Å². The molecule has 2 aromatic heterocycles. The second-order valence-electron chi connectivity index (χ2n) is 10.4. The number of aromatic amines is 1. The molecule has 0 aliphatic heterocycles. The van der Waals surface area contributed by atoms with Crippen molar-refractivity contribution < 1.29 is 24.2 Å². The maximum atomic E-state index is 13.3. The molecule has 2 aromatic carbocycles. The Bertz CT molecular complexity index is 1630. The number of pyridine rings is 1. The standard InChI is InChI=1S/C31H32ClN5O6/c1-18(2)28(33)31(42)43-25(30(40)41)16-23(14-19-9-11-20(12-10-19)21-6-5-7-22(32)15-21)35-29(39)24-17-27(38)37(36-24)26-8-3-4-13-34-26/h3-13,15,17-18,23,25,28,36H,14,16,33H2,1-2H3,(H,35,39)(H,40,41)/t23-,25-,28+/m1/s1. The van der Waals surface area contributed by atoms with Gasteiger partial charge in [-0.1, -0.05) is 67.9 Å². The number of hydrogen-bond donors (Lipinski definition) is 4. The zero-order valence-electron chi connectivity index (χ0n) is 23.6. The topological polar surface area (TPSA) is 169 Å². The van der Waals surface area contributed by atoms with Gasteiger partial charge in [-0.2, -0.15) is 0 Å². The summed E-state index contributed by atoms with van der Waals surface area (Å²) in [5.41, 5.74) is 7.93. The summed E-state index contributed by atoms with van der Waals surface area (Å²) in [6.07, 6.45) is -0.122. The van der Waals surface area contributed by atoms with Gasteiger partial charge >= 0.3 is 11.9 Å². The van der Waals surface area contributed by atoms with Gasteiger partial charge in [-0.15, -0.1) is 0 Å². The number of nitrogens with two attached hydrogens (primary N) is 1. The number of aliphatic carboxylic acids is 1. The molecule has 5 N–H and O–H groups in total. The Kier molecular flexibility index (Phi) is 10.1. The van der Waals surface area contributed by atoms with Crippen LogP contribution in [0.25, 0.3) is 16.9 Å². The predicted molar refractivity (Wildman–Crippen MR) is 161 cm³/mol. The van der Waals surface area contributed by atoms with E-state index in [0.717, 1.165) is 27.4 Å². The van der Waals surface area contributed by atoms with Crippen molar-refractivity contribution in [2.24, 2.45) is 11.7 Å². The molecule has 43 heavy (non-hydrogen) atoms. The average molecular weight is 606 g/mol.